The first-order valence-electron chi connectivity index (χ1n) is 8.53. The molecule has 2 N–H and O–H groups in total. The van der Waals surface area contributed by atoms with Gasteiger partial charge in [0, 0.05) is 6.54 Å². The van der Waals surface area contributed by atoms with Crippen LogP contribution in [0, 0.1) is 5.92 Å². The van der Waals surface area contributed by atoms with Crippen LogP contribution < -0.4 is 5.32 Å². The highest BCUT2D eigenvalue weighted by atomic mass is 16.6. The largest absolute Gasteiger partial charge is 0.461 e. The predicted molar refractivity (Wildman–Crippen MR) is 94.9 cm³/mol. The van der Waals surface area contributed by atoms with Gasteiger partial charge in [0.2, 0.25) is 0 Å². The highest BCUT2D eigenvalue weighted by Crippen LogP contribution is 2.12. The lowest BCUT2D eigenvalue weighted by Gasteiger charge is -2.20. The summed E-state index contributed by atoms with van der Waals surface area (Å²) < 4.78 is 10.4. The van der Waals surface area contributed by atoms with Crippen molar-refractivity contribution in [2.45, 2.75) is 58.8 Å². The van der Waals surface area contributed by atoms with Crippen LogP contribution in [0.2, 0.25) is 0 Å². The zero-order valence-corrected chi connectivity index (χ0v) is 15.5. The first-order valence-corrected chi connectivity index (χ1v) is 8.53. The highest BCUT2D eigenvalue weighted by Gasteiger charge is 2.19. The maximum absolute atomic E-state index is 12.0. The third-order valence-electron chi connectivity index (χ3n) is 3.44. The molecule has 0 saturated heterocycles. The van der Waals surface area contributed by atoms with Crippen LogP contribution in [0.3, 0.4) is 0 Å². The van der Waals surface area contributed by atoms with E-state index in [4.69, 9.17) is 9.47 Å². The Balaban J connectivity index is 2.22. The fraction of sp³-hybridized carbons (Fsp3) is 0.579. The fourth-order valence-electron chi connectivity index (χ4n) is 2.05. The number of amides is 1. The molecule has 25 heavy (non-hydrogen) atoms. The van der Waals surface area contributed by atoms with E-state index in [0.29, 0.717) is 12.8 Å². The Bertz CT molecular complexity index is 538. The topological polar surface area (TPSA) is 84.9 Å². The van der Waals surface area contributed by atoms with Crippen LogP contribution in [0.15, 0.2) is 30.3 Å². The molecule has 0 aliphatic heterocycles. The van der Waals surface area contributed by atoms with E-state index >= 15 is 0 Å². The van der Waals surface area contributed by atoms with Gasteiger partial charge in [-0.3, -0.25) is 4.79 Å². The fourth-order valence-corrected chi connectivity index (χ4v) is 2.05. The molecule has 0 spiro atoms. The van der Waals surface area contributed by atoms with Crippen LogP contribution in [-0.4, -0.2) is 35.4 Å². The average molecular weight is 351 g/mol. The van der Waals surface area contributed by atoms with Crippen molar-refractivity contribution in [1.29, 1.82) is 0 Å². The van der Waals surface area contributed by atoms with Crippen LogP contribution in [-0.2, 0) is 20.9 Å². The minimum Gasteiger partial charge on any atom is -0.461 e. The summed E-state index contributed by atoms with van der Waals surface area (Å²) in [5, 5.41) is 12.4. The molecule has 6 heteroatoms. The molecule has 1 aromatic carbocycles. The Morgan fingerprint density at radius 2 is 1.80 bits per heavy atom. The summed E-state index contributed by atoms with van der Waals surface area (Å²) in [7, 11) is 0. The normalized spacial score (nSPS) is 13.6. The molecule has 1 aromatic rings. The monoisotopic (exact) mass is 351 g/mol. The molecule has 0 fully saturated rings. The summed E-state index contributed by atoms with van der Waals surface area (Å²) in [6.45, 7) is 7.40. The lowest BCUT2D eigenvalue weighted by atomic mass is 10.0. The van der Waals surface area contributed by atoms with E-state index in [-0.39, 0.29) is 25.0 Å². The maximum Gasteiger partial charge on any atom is 0.407 e. The summed E-state index contributed by atoms with van der Waals surface area (Å²) in [6, 6.07) is 9.47. The third kappa shape index (κ3) is 9.72. The van der Waals surface area contributed by atoms with Gasteiger partial charge in [0.1, 0.15) is 12.2 Å². The van der Waals surface area contributed by atoms with Crippen LogP contribution in [0.25, 0.3) is 0 Å². The zero-order chi connectivity index (χ0) is 18.9. The van der Waals surface area contributed by atoms with Gasteiger partial charge in [-0.15, -0.1) is 0 Å². The second-order valence-corrected chi connectivity index (χ2v) is 7.11. The number of esters is 1. The molecule has 2 atom stereocenters. The molecule has 0 unspecified atom stereocenters. The molecule has 1 amide bonds. The Morgan fingerprint density at radius 3 is 2.40 bits per heavy atom. The lowest BCUT2D eigenvalue weighted by molar-refractivity contribution is -0.149. The molecule has 0 saturated carbocycles. The Labute approximate surface area is 149 Å². The summed E-state index contributed by atoms with van der Waals surface area (Å²) in [5.41, 5.74) is 0.358. The van der Waals surface area contributed by atoms with Crippen LogP contribution in [0.5, 0.6) is 0 Å². The van der Waals surface area contributed by atoms with E-state index in [0.717, 1.165) is 5.56 Å². The minimum atomic E-state index is -0.739. The first-order chi connectivity index (χ1) is 11.7. The lowest BCUT2D eigenvalue weighted by Crippen LogP contribution is -2.37. The van der Waals surface area contributed by atoms with Crippen LogP contribution in [0.1, 0.15) is 46.1 Å². The number of carbonyl (C=O) groups excluding carboxylic acids is 2. The van der Waals surface area contributed by atoms with Gasteiger partial charge in [-0.2, -0.15) is 0 Å². The molecular weight excluding hydrogens is 322 g/mol. The third-order valence-corrected chi connectivity index (χ3v) is 3.44. The minimum absolute atomic E-state index is 0.0840. The summed E-state index contributed by atoms with van der Waals surface area (Å²) in [5.74, 6) is -0.615. The summed E-state index contributed by atoms with van der Waals surface area (Å²) >= 11 is 0. The van der Waals surface area contributed by atoms with E-state index in [1.165, 1.54) is 0 Å². The van der Waals surface area contributed by atoms with Crippen molar-refractivity contribution < 1.29 is 24.2 Å². The second kappa shape index (κ2) is 10.0. The van der Waals surface area contributed by atoms with E-state index in [2.05, 4.69) is 5.32 Å². The first kappa shape index (κ1) is 21.0. The van der Waals surface area contributed by atoms with Crippen molar-refractivity contribution in [3.05, 3.63) is 35.9 Å². The number of aliphatic hydroxyl groups is 1. The van der Waals surface area contributed by atoms with E-state index in [1.807, 2.05) is 30.3 Å². The van der Waals surface area contributed by atoms with Crippen LogP contribution in [0.4, 0.5) is 4.79 Å². The average Bonchev–Trinajstić information content (AvgIpc) is 2.55. The number of ether oxygens (including phenoxy) is 2. The van der Waals surface area contributed by atoms with Gasteiger partial charge in [-0.1, -0.05) is 37.3 Å². The molecule has 140 valence electrons. The predicted octanol–water partition coefficient (Wildman–Crippen LogP) is 3.03. The SMILES string of the molecule is C[C@@H](CC[C@@H](O)CNC(=O)OC(C)(C)C)C(=O)OCc1ccccc1. The van der Waals surface area contributed by atoms with E-state index < -0.39 is 17.8 Å². The quantitative estimate of drug-likeness (QED) is 0.703. The standard InChI is InChI=1S/C19H29NO5/c1-14(17(22)24-13-15-8-6-5-7-9-15)10-11-16(21)12-20-18(23)25-19(2,3)4/h5-9,14,16,21H,10-13H2,1-4H3,(H,20,23)/t14-,16+/m0/s1. The molecule has 1 rings (SSSR count). The molecule has 0 aliphatic carbocycles. The summed E-state index contributed by atoms with van der Waals surface area (Å²) in [4.78, 5) is 23.5. The molecule has 0 bridgehead atoms. The van der Waals surface area contributed by atoms with Crippen molar-refractivity contribution in [1.82, 2.24) is 5.32 Å². The number of rotatable bonds is 8. The van der Waals surface area contributed by atoms with Gasteiger partial charge in [0.15, 0.2) is 0 Å². The number of hydrogen-bond acceptors (Lipinski definition) is 5. The van der Waals surface area contributed by atoms with Gasteiger partial charge >= 0.3 is 12.1 Å². The van der Waals surface area contributed by atoms with Crippen LogP contribution >= 0.6 is 0 Å². The van der Waals surface area contributed by atoms with Gasteiger partial charge in [-0.25, -0.2) is 4.79 Å². The number of aliphatic hydroxyl groups excluding tert-OH is 1. The molecule has 0 radical (unpaired) electrons. The molecule has 0 aliphatic rings. The van der Waals surface area contributed by atoms with Crippen molar-refractivity contribution in [2.24, 2.45) is 5.92 Å². The summed E-state index contributed by atoms with van der Waals surface area (Å²) in [6.07, 6.45) is -0.443. The van der Waals surface area contributed by atoms with Gasteiger partial charge in [-0.05, 0) is 39.2 Å². The Hall–Kier alpha value is -2.08. The smallest absolute Gasteiger partial charge is 0.407 e. The number of benzene rings is 1. The number of carbonyl (C=O) groups is 2. The number of nitrogens with one attached hydrogen (secondary N) is 1. The molecule has 6 nitrogen and oxygen atoms in total. The van der Waals surface area contributed by atoms with Crippen molar-refractivity contribution in [3.8, 4) is 0 Å². The van der Waals surface area contributed by atoms with E-state index in [9.17, 15) is 14.7 Å². The number of hydrogen-bond donors (Lipinski definition) is 2. The van der Waals surface area contributed by atoms with Gasteiger partial charge in [0.05, 0.1) is 12.0 Å². The van der Waals surface area contributed by atoms with Crippen molar-refractivity contribution in [2.75, 3.05) is 6.54 Å². The number of alkyl carbamates (subject to hydrolysis) is 1. The Kier molecular flexibility index (Phi) is 8.41. The second-order valence-electron chi connectivity index (χ2n) is 7.11. The zero-order valence-electron chi connectivity index (χ0n) is 15.5. The van der Waals surface area contributed by atoms with E-state index in [1.54, 1.807) is 27.7 Å². The molecule has 0 aromatic heterocycles. The van der Waals surface area contributed by atoms with Crippen molar-refractivity contribution >= 4 is 12.1 Å². The maximum atomic E-state index is 12.0. The highest BCUT2D eigenvalue weighted by molar-refractivity contribution is 5.72. The van der Waals surface area contributed by atoms with Gasteiger partial charge < -0.3 is 19.9 Å². The molecular formula is C19H29NO5. The van der Waals surface area contributed by atoms with Gasteiger partial charge in [0.25, 0.3) is 0 Å². The van der Waals surface area contributed by atoms with Crippen molar-refractivity contribution in [3.63, 3.8) is 0 Å². The molecule has 0 heterocycles. The Morgan fingerprint density at radius 1 is 1.16 bits per heavy atom.